The molecule has 3 aromatic rings. The van der Waals surface area contributed by atoms with Crippen LogP contribution < -0.4 is 16.3 Å². The highest BCUT2D eigenvalue weighted by molar-refractivity contribution is 5.76. The summed E-state index contributed by atoms with van der Waals surface area (Å²) in [4.78, 5) is 4.58. The van der Waals surface area contributed by atoms with Gasteiger partial charge in [0.25, 0.3) is 0 Å². The van der Waals surface area contributed by atoms with E-state index in [0.717, 1.165) is 16.9 Å². The number of anilines is 1. The van der Waals surface area contributed by atoms with Crippen LogP contribution in [0.15, 0.2) is 54.6 Å². The van der Waals surface area contributed by atoms with E-state index in [-0.39, 0.29) is 0 Å². The number of hydrogen-bond donors (Lipinski definition) is 2. The van der Waals surface area contributed by atoms with Gasteiger partial charge in [-0.15, -0.1) is 0 Å². The van der Waals surface area contributed by atoms with E-state index in [2.05, 4.69) is 4.98 Å². The Balaban J connectivity index is 2.12. The highest BCUT2D eigenvalue weighted by Crippen LogP contribution is 2.31. The van der Waals surface area contributed by atoms with Crippen molar-refractivity contribution in [3.63, 3.8) is 0 Å². The summed E-state index contributed by atoms with van der Waals surface area (Å²) in [6.45, 7) is 0. The lowest BCUT2D eigenvalue weighted by molar-refractivity contribution is 0.415. The predicted molar refractivity (Wildman–Crippen MR) is 84.2 cm³/mol. The molecule has 2 aromatic carbocycles. The van der Waals surface area contributed by atoms with E-state index in [0.29, 0.717) is 17.3 Å². The number of rotatable bonds is 3. The third-order valence-corrected chi connectivity index (χ3v) is 3.32. The summed E-state index contributed by atoms with van der Waals surface area (Å²) in [6.07, 6.45) is 0. The van der Waals surface area contributed by atoms with Gasteiger partial charge in [-0.25, -0.2) is 9.66 Å². The molecule has 21 heavy (non-hydrogen) atoms. The van der Waals surface area contributed by atoms with Crippen LogP contribution in [0.1, 0.15) is 0 Å². The Hall–Kier alpha value is -2.95. The molecular formula is C16H16N4O. The first-order valence-corrected chi connectivity index (χ1v) is 6.54. The highest BCUT2D eigenvalue weighted by atomic mass is 16.5. The lowest BCUT2D eigenvalue weighted by atomic mass is 10.1. The van der Waals surface area contributed by atoms with Gasteiger partial charge < -0.3 is 16.3 Å². The second kappa shape index (κ2) is 5.20. The van der Waals surface area contributed by atoms with Crippen molar-refractivity contribution in [3.05, 3.63) is 54.6 Å². The minimum absolute atomic E-state index is 0.419. The van der Waals surface area contributed by atoms with E-state index < -0.39 is 0 Å². The summed E-state index contributed by atoms with van der Waals surface area (Å²) in [5.41, 5.74) is 8.53. The molecular weight excluding hydrogens is 264 g/mol. The van der Waals surface area contributed by atoms with Gasteiger partial charge in [0, 0.05) is 11.1 Å². The first-order chi connectivity index (χ1) is 10.2. The number of imidazole rings is 1. The maximum Gasteiger partial charge on any atom is 0.160 e. The molecule has 0 fully saturated rings. The van der Waals surface area contributed by atoms with E-state index in [1.54, 1.807) is 7.11 Å². The summed E-state index contributed by atoms with van der Waals surface area (Å²) in [5.74, 6) is 7.84. The fourth-order valence-electron chi connectivity index (χ4n) is 2.22. The van der Waals surface area contributed by atoms with Crippen LogP contribution in [0.4, 0.5) is 5.82 Å². The molecule has 5 nitrogen and oxygen atoms in total. The van der Waals surface area contributed by atoms with Gasteiger partial charge in [0.15, 0.2) is 11.6 Å². The van der Waals surface area contributed by atoms with Gasteiger partial charge in [-0.3, -0.25) is 0 Å². The molecule has 0 spiro atoms. The minimum atomic E-state index is 0.419. The van der Waals surface area contributed by atoms with E-state index in [1.807, 2.05) is 54.6 Å². The molecule has 0 unspecified atom stereocenters. The molecule has 0 bridgehead atoms. The normalized spacial score (nSPS) is 10.5. The van der Waals surface area contributed by atoms with Crippen LogP contribution in [-0.4, -0.2) is 16.8 Å². The van der Waals surface area contributed by atoms with Crippen molar-refractivity contribution in [1.29, 1.82) is 0 Å². The molecule has 0 amide bonds. The van der Waals surface area contributed by atoms with Gasteiger partial charge in [0.1, 0.15) is 11.4 Å². The highest BCUT2D eigenvalue weighted by Gasteiger charge is 2.16. The molecule has 0 atom stereocenters. The Bertz CT molecular complexity index is 765. The van der Waals surface area contributed by atoms with Crippen molar-refractivity contribution < 1.29 is 4.74 Å². The summed E-state index contributed by atoms with van der Waals surface area (Å²) in [6, 6.07) is 17.3. The quantitative estimate of drug-likeness (QED) is 0.722. The molecule has 4 N–H and O–H groups in total. The summed E-state index contributed by atoms with van der Waals surface area (Å²) >= 11 is 0. The van der Waals surface area contributed by atoms with Crippen molar-refractivity contribution in [2.24, 2.45) is 0 Å². The maximum atomic E-state index is 6.10. The Labute approximate surface area is 122 Å². The Kier molecular flexibility index (Phi) is 3.23. The molecule has 0 saturated heterocycles. The number of nitrogen functional groups attached to an aromatic ring is 2. The smallest absolute Gasteiger partial charge is 0.160 e. The topological polar surface area (TPSA) is 79.1 Å². The van der Waals surface area contributed by atoms with Crippen LogP contribution in [0.3, 0.4) is 0 Å². The Morgan fingerprint density at radius 2 is 1.71 bits per heavy atom. The Morgan fingerprint density at radius 1 is 1.00 bits per heavy atom. The number of methoxy groups -OCH3 is 1. The summed E-state index contributed by atoms with van der Waals surface area (Å²) in [7, 11) is 1.62. The van der Waals surface area contributed by atoms with E-state index in [9.17, 15) is 0 Å². The fraction of sp³-hybridized carbons (Fsp3) is 0.0625. The van der Waals surface area contributed by atoms with E-state index in [4.69, 9.17) is 16.3 Å². The lowest BCUT2D eigenvalue weighted by Gasteiger charge is -2.03. The van der Waals surface area contributed by atoms with Gasteiger partial charge in [-0.2, -0.15) is 0 Å². The zero-order valence-electron chi connectivity index (χ0n) is 11.7. The molecule has 0 aliphatic heterocycles. The number of nitrogens with two attached hydrogens (primary N) is 2. The van der Waals surface area contributed by atoms with Crippen molar-refractivity contribution >= 4 is 5.82 Å². The summed E-state index contributed by atoms with van der Waals surface area (Å²) in [5, 5.41) is 0. The number of nitrogens with zero attached hydrogens (tertiary/aromatic N) is 2. The molecule has 5 heteroatoms. The number of ether oxygens (including phenoxy) is 1. The van der Waals surface area contributed by atoms with Gasteiger partial charge in [-0.1, -0.05) is 42.5 Å². The summed E-state index contributed by atoms with van der Waals surface area (Å²) < 4.78 is 6.64. The van der Waals surface area contributed by atoms with Crippen LogP contribution in [0.25, 0.3) is 22.6 Å². The lowest BCUT2D eigenvalue weighted by Crippen LogP contribution is -2.13. The molecule has 1 aromatic heterocycles. The first kappa shape index (κ1) is 13.1. The van der Waals surface area contributed by atoms with Crippen molar-refractivity contribution in [2.45, 2.75) is 0 Å². The van der Waals surface area contributed by atoms with E-state index in [1.165, 1.54) is 4.68 Å². The standard InChI is InChI=1S/C16H16N4O/c1-21-13-9-5-8-12(10-13)14-15(17)20(18)16(19-14)11-6-3-2-4-7-11/h2-10H,17-18H2,1H3. The zero-order chi connectivity index (χ0) is 14.8. The molecule has 3 rings (SSSR count). The van der Waals surface area contributed by atoms with Gasteiger partial charge in [0.05, 0.1) is 7.11 Å². The minimum Gasteiger partial charge on any atom is -0.497 e. The molecule has 0 radical (unpaired) electrons. The monoisotopic (exact) mass is 280 g/mol. The molecule has 0 saturated carbocycles. The Morgan fingerprint density at radius 3 is 2.43 bits per heavy atom. The first-order valence-electron chi connectivity index (χ1n) is 6.54. The molecule has 0 aliphatic carbocycles. The predicted octanol–water partition coefficient (Wildman–Crippen LogP) is 2.52. The second-order valence-corrected chi connectivity index (χ2v) is 4.64. The number of hydrogen-bond acceptors (Lipinski definition) is 4. The van der Waals surface area contributed by atoms with Crippen LogP contribution in [0.2, 0.25) is 0 Å². The molecule has 106 valence electrons. The van der Waals surface area contributed by atoms with Crippen molar-refractivity contribution in [1.82, 2.24) is 9.66 Å². The van der Waals surface area contributed by atoms with Gasteiger partial charge in [-0.05, 0) is 12.1 Å². The maximum absolute atomic E-state index is 6.10. The largest absolute Gasteiger partial charge is 0.497 e. The van der Waals surface area contributed by atoms with E-state index >= 15 is 0 Å². The average molecular weight is 280 g/mol. The third kappa shape index (κ3) is 2.29. The fourth-order valence-corrected chi connectivity index (χ4v) is 2.22. The van der Waals surface area contributed by atoms with Crippen LogP contribution in [0, 0.1) is 0 Å². The van der Waals surface area contributed by atoms with Gasteiger partial charge in [0.2, 0.25) is 0 Å². The van der Waals surface area contributed by atoms with Crippen LogP contribution in [-0.2, 0) is 0 Å². The average Bonchev–Trinajstić information content (AvgIpc) is 2.84. The van der Waals surface area contributed by atoms with Crippen LogP contribution in [0.5, 0.6) is 5.75 Å². The second-order valence-electron chi connectivity index (χ2n) is 4.64. The van der Waals surface area contributed by atoms with Crippen molar-refractivity contribution in [3.8, 4) is 28.4 Å². The van der Waals surface area contributed by atoms with Gasteiger partial charge >= 0.3 is 0 Å². The molecule has 1 heterocycles. The number of aromatic nitrogens is 2. The number of benzene rings is 2. The third-order valence-electron chi connectivity index (χ3n) is 3.32. The molecule has 0 aliphatic rings. The van der Waals surface area contributed by atoms with Crippen molar-refractivity contribution in [2.75, 3.05) is 18.7 Å². The van der Waals surface area contributed by atoms with Crippen LogP contribution >= 0.6 is 0 Å². The SMILES string of the molecule is COc1cccc(-c2nc(-c3ccccc3)n(N)c2N)c1. The zero-order valence-corrected chi connectivity index (χ0v) is 11.7.